The molecule has 1 unspecified atom stereocenters. The number of benzene rings is 2. The largest absolute Gasteiger partial charge is 0.494 e. The topological polar surface area (TPSA) is 183 Å². The van der Waals surface area contributed by atoms with Crippen molar-refractivity contribution in [2.75, 3.05) is 57.0 Å². The number of ether oxygens (including phenoxy) is 1. The second kappa shape index (κ2) is 17.2. The van der Waals surface area contributed by atoms with Crippen LogP contribution in [0, 0.1) is 5.92 Å². The fourth-order valence-electron chi connectivity index (χ4n) is 8.54. The van der Waals surface area contributed by atoms with Crippen LogP contribution in [-0.4, -0.2) is 113 Å². The number of alkyl halides is 3. The number of nitrogens with zero attached hydrogens (tertiary/aromatic N) is 5. The van der Waals surface area contributed by atoms with Gasteiger partial charge in [0.1, 0.15) is 23.2 Å². The molecule has 2 aromatic carbocycles. The van der Waals surface area contributed by atoms with Gasteiger partial charge in [-0.25, -0.2) is 9.97 Å². The average molecular weight is 861 g/mol. The van der Waals surface area contributed by atoms with Crippen LogP contribution in [0.4, 0.5) is 24.5 Å². The Morgan fingerprint density at radius 3 is 2.39 bits per heavy atom. The molecule has 1 aliphatic carbocycles. The summed E-state index contributed by atoms with van der Waals surface area (Å²) in [5, 5.41) is 9.06. The van der Waals surface area contributed by atoms with Crippen molar-refractivity contribution in [3.63, 3.8) is 0 Å². The maximum atomic E-state index is 13.6. The Bertz CT molecular complexity index is 2410. The summed E-state index contributed by atoms with van der Waals surface area (Å²) in [6.45, 7) is 4.06. The van der Waals surface area contributed by atoms with Gasteiger partial charge >= 0.3 is 6.18 Å². The third-order valence-corrected chi connectivity index (χ3v) is 13.0. The van der Waals surface area contributed by atoms with E-state index < -0.39 is 47.4 Å². The predicted octanol–water partition coefficient (Wildman–Crippen LogP) is 5.29. The summed E-state index contributed by atoms with van der Waals surface area (Å²) >= 11 is 1.48. The summed E-state index contributed by atoms with van der Waals surface area (Å²) in [5.74, 6) is -2.40. The van der Waals surface area contributed by atoms with E-state index in [0.29, 0.717) is 36.6 Å². The van der Waals surface area contributed by atoms with Crippen LogP contribution in [0.2, 0.25) is 0 Å². The van der Waals surface area contributed by atoms with Gasteiger partial charge in [0.25, 0.3) is 17.7 Å². The van der Waals surface area contributed by atoms with E-state index in [1.165, 1.54) is 24.5 Å². The summed E-state index contributed by atoms with van der Waals surface area (Å²) in [5.41, 5.74) is 0.399. The zero-order valence-electron chi connectivity index (χ0n) is 33.2. The Morgan fingerprint density at radius 2 is 1.67 bits per heavy atom. The van der Waals surface area contributed by atoms with Crippen molar-refractivity contribution in [2.45, 2.75) is 63.1 Å². The highest BCUT2D eigenvalue weighted by molar-refractivity contribution is 7.18. The van der Waals surface area contributed by atoms with Crippen LogP contribution in [0.5, 0.6) is 5.75 Å². The van der Waals surface area contributed by atoms with Gasteiger partial charge in [-0.3, -0.25) is 43.9 Å². The maximum Gasteiger partial charge on any atom is 0.433 e. The molecule has 1 atom stereocenters. The molecule has 3 N–H and O–H groups in total. The number of amides is 6. The van der Waals surface area contributed by atoms with E-state index in [1.807, 2.05) is 4.90 Å². The van der Waals surface area contributed by atoms with E-state index in [2.05, 4.69) is 25.8 Å². The Morgan fingerprint density at radius 1 is 0.918 bits per heavy atom. The highest BCUT2D eigenvalue weighted by Gasteiger charge is 2.45. The standard InChI is InChI=1S/C42H43F3N8O7S/c1-60-31-21-29-32(22-28(31)48-36(55)27-7-3-8-33(47-27)42(43,44)45)61-38(49-29)23-9-11-24(12-10-23)39(57)52-19-17-51(18-20-52)16-4-15-46-26-6-2-5-25-35(26)41(59)53(40(25)58)30-13-14-34(54)50-37(30)56/h2-3,5-8,21-24,30,46H,4,9-20H2,1H3,(H,48,55)(H,50,54,56). The van der Waals surface area contributed by atoms with Gasteiger partial charge in [0.05, 0.1) is 39.1 Å². The van der Waals surface area contributed by atoms with E-state index in [1.54, 1.807) is 30.3 Å². The first-order valence-corrected chi connectivity index (χ1v) is 21.0. The summed E-state index contributed by atoms with van der Waals surface area (Å²) < 4.78 is 45.8. The lowest BCUT2D eigenvalue weighted by atomic mass is 9.81. The number of methoxy groups -OCH3 is 1. The molecule has 61 heavy (non-hydrogen) atoms. The molecule has 19 heteroatoms. The second-order valence-electron chi connectivity index (χ2n) is 15.6. The smallest absolute Gasteiger partial charge is 0.433 e. The Labute approximate surface area is 352 Å². The number of rotatable bonds is 11. The molecule has 1 saturated carbocycles. The molecule has 15 nitrogen and oxygen atoms in total. The fraction of sp³-hybridized carbons (Fsp3) is 0.429. The average Bonchev–Trinajstić information content (AvgIpc) is 3.79. The van der Waals surface area contributed by atoms with E-state index in [0.717, 1.165) is 78.5 Å². The van der Waals surface area contributed by atoms with Crippen molar-refractivity contribution in [3.8, 4) is 5.75 Å². The first-order chi connectivity index (χ1) is 29.3. The SMILES string of the molecule is COc1cc2nc(C3CCC(C(=O)N4CCN(CCCNc5cccc6c5C(=O)N(C5CCC(=O)NC5=O)C6=O)CC4)CC3)sc2cc1NC(=O)c1cccc(C(F)(F)F)n1. The summed E-state index contributed by atoms with van der Waals surface area (Å²) in [7, 11) is 1.43. The lowest BCUT2D eigenvalue weighted by Gasteiger charge is -2.37. The van der Waals surface area contributed by atoms with E-state index in [-0.39, 0.29) is 53.1 Å². The van der Waals surface area contributed by atoms with Gasteiger partial charge in [0, 0.05) is 62.7 Å². The first-order valence-electron chi connectivity index (χ1n) is 20.2. The maximum absolute atomic E-state index is 13.6. The zero-order valence-corrected chi connectivity index (χ0v) is 34.0. The number of nitrogens with one attached hydrogen (secondary N) is 3. The number of piperazine rings is 1. The molecule has 8 rings (SSSR count). The summed E-state index contributed by atoms with van der Waals surface area (Å²) in [4.78, 5) is 90.7. The quantitative estimate of drug-likeness (QED) is 0.132. The van der Waals surface area contributed by atoms with Crippen molar-refractivity contribution in [3.05, 3.63) is 76.1 Å². The van der Waals surface area contributed by atoms with Gasteiger partial charge in [-0.15, -0.1) is 11.3 Å². The Kier molecular flexibility index (Phi) is 11.8. The summed E-state index contributed by atoms with van der Waals surface area (Å²) in [6, 6.07) is 10.5. The second-order valence-corrected chi connectivity index (χ2v) is 16.7. The molecule has 0 spiro atoms. The zero-order chi connectivity index (χ0) is 43.0. The molecule has 0 radical (unpaired) electrons. The van der Waals surface area contributed by atoms with Crippen molar-refractivity contribution in [1.82, 2.24) is 30.0 Å². The number of thiazole rings is 1. The first kappa shape index (κ1) is 41.8. The monoisotopic (exact) mass is 860 g/mol. The van der Waals surface area contributed by atoms with Crippen LogP contribution in [0.25, 0.3) is 10.2 Å². The van der Waals surface area contributed by atoms with Crippen LogP contribution >= 0.6 is 11.3 Å². The van der Waals surface area contributed by atoms with E-state index in [9.17, 15) is 41.9 Å². The van der Waals surface area contributed by atoms with Gasteiger partial charge in [0.15, 0.2) is 0 Å². The molecule has 2 saturated heterocycles. The lowest BCUT2D eigenvalue weighted by Crippen LogP contribution is -2.54. The molecule has 0 bridgehead atoms. The number of hydrogen-bond donors (Lipinski definition) is 3. The van der Waals surface area contributed by atoms with Gasteiger partial charge in [-0.2, -0.15) is 13.2 Å². The number of halogens is 3. The number of fused-ring (bicyclic) bond motifs is 2. The normalized spacial score (nSPS) is 21.1. The molecule has 2 aromatic heterocycles. The van der Waals surface area contributed by atoms with Gasteiger partial charge in [-0.05, 0) is 75.4 Å². The molecular weight excluding hydrogens is 818 g/mol. The molecular formula is C42H43F3N8O7S. The molecule has 3 aliphatic heterocycles. The number of aromatic nitrogens is 2. The van der Waals surface area contributed by atoms with Crippen molar-refractivity contribution < 1.29 is 46.7 Å². The third kappa shape index (κ3) is 8.66. The fourth-order valence-corrected chi connectivity index (χ4v) is 9.70. The van der Waals surface area contributed by atoms with Crippen LogP contribution in [0.1, 0.15) is 92.8 Å². The molecule has 3 fully saturated rings. The van der Waals surface area contributed by atoms with Crippen LogP contribution in [0.15, 0.2) is 48.5 Å². The highest BCUT2D eigenvalue weighted by atomic mass is 32.1. The Balaban J connectivity index is 0.790. The minimum atomic E-state index is -4.69. The molecule has 4 aromatic rings. The van der Waals surface area contributed by atoms with Crippen LogP contribution < -0.4 is 20.7 Å². The molecule has 320 valence electrons. The molecule has 6 amide bonds. The third-order valence-electron chi connectivity index (χ3n) is 11.8. The molecule has 5 heterocycles. The van der Waals surface area contributed by atoms with Crippen molar-refractivity contribution in [1.29, 1.82) is 0 Å². The van der Waals surface area contributed by atoms with Crippen molar-refractivity contribution >= 4 is 68.4 Å². The number of anilines is 2. The summed E-state index contributed by atoms with van der Waals surface area (Å²) in [6.07, 6.45) is -0.715. The number of carbonyl (C=O) groups is 6. The van der Waals surface area contributed by atoms with Gasteiger partial charge < -0.3 is 20.3 Å². The van der Waals surface area contributed by atoms with E-state index in [4.69, 9.17) is 9.72 Å². The minimum Gasteiger partial charge on any atom is -0.494 e. The van der Waals surface area contributed by atoms with E-state index >= 15 is 0 Å². The van der Waals surface area contributed by atoms with Gasteiger partial charge in [-0.1, -0.05) is 12.1 Å². The highest BCUT2D eigenvalue weighted by Crippen LogP contribution is 2.42. The number of hydrogen-bond acceptors (Lipinski definition) is 12. The predicted molar refractivity (Wildman–Crippen MR) is 217 cm³/mol. The molecule has 4 aliphatic rings. The number of piperidine rings is 1. The van der Waals surface area contributed by atoms with Crippen LogP contribution in [-0.2, 0) is 20.6 Å². The van der Waals surface area contributed by atoms with Gasteiger partial charge in [0.2, 0.25) is 17.7 Å². The number of pyridine rings is 1. The Hall–Kier alpha value is -5.95. The minimum absolute atomic E-state index is 0.0535. The number of imide groups is 2. The lowest BCUT2D eigenvalue weighted by molar-refractivity contribution is -0.141. The van der Waals surface area contributed by atoms with Crippen LogP contribution in [0.3, 0.4) is 0 Å². The number of carbonyl (C=O) groups excluding carboxylic acids is 6. The van der Waals surface area contributed by atoms with Crippen molar-refractivity contribution in [2.24, 2.45) is 5.92 Å².